The van der Waals surface area contributed by atoms with Crippen LogP contribution < -0.4 is 4.72 Å². The lowest BCUT2D eigenvalue weighted by atomic mass is 10.2. The molecule has 1 aliphatic rings. The molecule has 1 amide bonds. The van der Waals surface area contributed by atoms with Gasteiger partial charge in [0.25, 0.3) is 0 Å². The average Bonchev–Trinajstić information content (AvgIpc) is 2.46. The Morgan fingerprint density at radius 3 is 2.55 bits per heavy atom. The van der Waals surface area contributed by atoms with Gasteiger partial charge in [0.15, 0.2) is 11.2 Å². The molecule has 22 heavy (non-hydrogen) atoms. The summed E-state index contributed by atoms with van der Waals surface area (Å²) < 4.78 is 22.3. The van der Waals surface area contributed by atoms with Gasteiger partial charge in [-0.1, -0.05) is 0 Å². The van der Waals surface area contributed by atoms with E-state index >= 15 is 0 Å². The van der Waals surface area contributed by atoms with Crippen molar-refractivity contribution >= 4 is 23.0 Å². The quantitative estimate of drug-likeness (QED) is 0.916. The summed E-state index contributed by atoms with van der Waals surface area (Å²) in [6.07, 6.45) is 2.96. The minimum atomic E-state index is -1.34. The second kappa shape index (κ2) is 7.06. The van der Waals surface area contributed by atoms with Crippen LogP contribution >= 0.6 is 0 Å². The third kappa shape index (κ3) is 4.96. The molecule has 1 saturated heterocycles. The normalized spacial score (nSPS) is 17.9. The largest absolute Gasteiger partial charge is 0.444 e. The van der Waals surface area contributed by atoms with E-state index in [1.807, 2.05) is 26.8 Å². The molecule has 1 fully saturated rings. The van der Waals surface area contributed by atoms with E-state index in [2.05, 4.69) is 9.71 Å². The lowest BCUT2D eigenvalue weighted by Crippen LogP contribution is -2.51. The van der Waals surface area contributed by atoms with Crippen molar-refractivity contribution in [2.75, 3.05) is 30.9 Å². The van der Waals surface area contributed by atoms with Gasteiger partial charge in [-0.15, -0.1) is 0 Å². The number of nitrogens with zero attached hydrogens (tertiary/aromatic N) is 3. The predicted molar refractivity (Wildman–Crippen MR) is 85.4 cm³/mol. The molecular weight excluding hydrogens is 304 g/mol. The molecule has 1 aliphatic heterocycles. The Morgan fingerprint density at radius 1 is 1.32 bits per heavy atom. The van der Waals surface area contributed by atoms with Crippen molar-refractivity contribution in [2.45, 2.75) is 26.4 Å². The first-order valence-corrected chi connectivity index (χ1v) is 8.27. The maximum atomic E-state index is 12.2. The summed E-state index contributed by atoms with van der Waals surface area (Å²) in [6.45, 7) is 7.57. The lowest BCUT2D eigenvalue weighted by Gasteiger charge is -2.34. The van der Waals surface area contributed by atoms with Crippen LogP contribution in [-0.2, 0) is 15.9 Å². The highest BCUT2D eigenvalue weighted by Gasteiger charge is 2.27. The van der Waals surface area contributed by atoms with Crippen molar-refractivity contribution in [1.29, 1.82) is 0 Å². The molecule has 1 aromatic heterocycles. The van der Waals surface area contributed by atoms with Crippen molar-refractivity contribution in [3.8, 4) is 0 Å². The van der Waals surface area contributed by atoms with Crippen LogP contribution in [0.25, 0.3) is 0 Å². The smallest absolute Gasteiger partial charge is 0.410 e. The third-order valence-corrected chi connectivity index (χ3v) is 4.24. The summed E-state index contributed by atoms with van der Waals surface area (Å²) >= 11 is -1.34. The zero-order valence-corrected chi connectivity index (χ0v) is 13.9. The van der Waals surface area contributed by atoms with Crippen molar-refractivity contribution in [2.24, 2.45) is 0 Å². The monoisotopic (exact) mass is 326 g/mol. The maximum Gasteiger partial charge on any atom is 0.410 e. The number of pyridine rings is 1. The van der Waals surface area contributed by atoms with Gasteiger partial charge in [0.1, 0.15) is 5.60 Å². The molecule has 7 nitrogen and oxygen atoms in total. The first kappa shape index (κ1) is 16.7. The molecule has 0 aromatic carbocycles. The second-order valence-electron chi connectivity index (χ2n) is 5.99. The summed E-state index contributed by atoms with van der Waals surface area (Å²) in [5.74, 6) is 0. The fraction of sp³-hybridized carbons (Fsp3) is 0.571. The van der Waals surface area contributed by atoms with Crippen LogP contribution in [0.2, 0.25) is 0 Å². The molecule has 8 heteroatoms. The number of amides is 1. The van der Waals surface area contributed by atoms with E-state index in [9.17, 15) is 9.00 Å². The van der Waals surface area contributed by atoms with E-state index in [0.717, 1.165) is 0 Å². The molecule has 1 aromatic rings. The number of carbonyl (C=O) groups is 1. The Hall–Kier alpha value is -1.67. The van der Waals surface area contributed by atoms with Gasteiger partial charge >= 0.3 is 6.09 Å². The number of piperazine rings is 1. The van der Waals surface area contributed by atoms with Crippen LogP contribution in [-0.4, -0.2) is 56.3 Å². The van der Waals surface area contributed by atoms with Crippen molar-refractivity contribution in [1.82, 2.24) is 14.2 Å². The summed E-state index contributed by atoms with van der Waals surface area (Å²) in [4.78, 5) is 17.6. The molecule has 122 valence electrons. The Bertz CT molecular complexity index is 525. The topological polar surface area (TPSA) is 74.8 Å². The van der Waals surface area contributed by atoms with E-state index in [-0.39, 0.29) is 6.09 Å². The van der Waals surface area contributed by atoms with Gasteiger partial charge in [-0.25, -0.2) is 13.3 Å². The Labute approximate surface area is 133 Å². The SMILES string of the molecule is CC(C)(C)OC(=O)N1CCN(S(=O)Nc2cccnc2)CC1. The van der Waals surface area contributed by atoms with E-state index in [1.165, 1.54) is 0 Å². The molecule has 2 heterocycles. The van der Waals surface area contributed by atoms with Crippen LogP contribution in [0.15, 0.2) is 24.5 Å². The number of rotatable bonds is 3. The molecule has 1 atom stereocenters. The fourth-order valence-electron chi connectivity index (χ4n) is 1.95. The van der Waals surface area contributed by atoms with Crippen LogP contribution in [0.1, 0.15) is 20.8 Å². The minimum Gasteiger partial charge on any atom is -0.444 e. The van der Waals surface area contributed by atoms with Crippen molar-refractivity contribution in [3.63, 3.8) is 0 Å². The highest BCUT2D eigenvalue weighted by atomic mass is 32.2. The predicted octanol–water partition coefficient (Wildman–Crippen LogP) is 1.62. The van der Waals surface area contributed by atoms with E-state index in [0.29, 0.717) is 31.9 Å². The van der Waals surface area contributed by atoms with Crippen LogP contribution in [0.5, 0.6) is 0 Å². The Morgan fingerprint density at radius 2 is 2.00 bits per heavy atom. The zero-order valence-electron chi connectivity index (χ0n) is 13.1. The number of nitrogens with one attached hydrogen (secondary N) is 1. The molecule has 0 radical (unpaired) electrons. The van der Waals surface area contributed by atoms with Gasteiger partial charge in [-0.05, 0) is 32.9 Å². The Balaban J connectivity index is 1.82. The molecule has 0 aliphatic carbocycles. The number of hydrogen-bond donors (Lipinski definition) is 1. The first-order valence-electron chi connectivity index (χ1n) is 7.16. The second-order valence-corrected chi connectivity index (χ2v) is 7.21. The van der Waals surface area contributed by atoms with E-state index in [4.69, 9.17) is 4.74 Å². The molecular formula is C14H22N4O3S. The number of hydrogen-bond acceptors (Lipinski definition) is 4. The highest BCUT2D eigenvalue weighted by Crippen LogP contribution is 2.13. The Kier molecular flexibility index (Phi) is 5.36. The van der Waals surface area contributed by atoms with Crippen LogP contribution in [0, 0.1) is 0 Å². The maximum absolute atomic E-state index is 12.2. The molecule has 1 N–H and O–H groups in total. The standard InChI is InChI=1S/C14H22N4O3S/c1-14(2,3)21-13(19)17-7-9-18(10-8-17)22(20)16-12-5-4-6-15-11-12/h4-6,11,16H,7-10H2,1-3H3. The molecule has 1 unspecified atom stereocenters. The molecule has 0 spiro atoms. The van der Waals surface area contributed by atoms with Crippen LogP contribution in [0.4, 0.5) is 10.5 Å². The summed E-state index contributed by atoms with van der Waals surface area (Å²) in [5.41, 5.74) is 0.203. The van der Waals surface area contributed by atoms with E-state index < -0.39 is 16.8 Å². The van der Waals surface area contributed by atoms with Gasteiger partial charge in [-0.3, -0.25) is 9.71 Å². The number of carbonyl (C=O) groups excluding carboxylic acids is 1. The summed E-state index contributed by atoms with van der Waals surface area (Å²) in [6, 6.07) is 3.59. The molecule has 0 saturated carbocycles. The number of aromatic nitrogens is 1. The zero-order chi connectivity index (χ0) is 16.2. The third-order valence-electron chi connectivity index (χ3n) is 2.99. The number of anilines is 1. The molecule has 0 bridgehead atoms. The number of ether oxygens (including phenoxy) is 1. The van der Waals surface area contributed by atoms with Gasteiger partial charge in [0.05, 0.1) is 11.9 Å². The van der Waals surface area contributed by atoms with Gasteiger partial charge in [0.2, 0.25) is 0 Å². The lowest BCUT2D eigenvalue weighted by molar-refractivity contribution is 0.0195. The van der Waals surface area contributed by atoms with Gasteiger partial charge in [0, 0.05) is 32.4 Å². The summed E-state index contributed by atoms with van der Waals surface area (Å²) in [5, 5.41) is 0. The minimum absolute atomic E-state index is 0.321. The van der Waals surface area contributed by atoms with Gasteiger partial charge in [-0.2, -0.15) is 0 Å². The fourth-order valence-corrected chi connectivity index (χ4v) is 2.90. The average molecular weight is 326 g/mol. The highest BCUT2D eigenvalue weighted by molar-refractivity contribution is 7.84. The van der Waals surface area contributed by atoms with Crippen molar-refractivity contribution < 1.29 is 13.7 Å². The van der Waals surface area contributed by atoms with Crippen molar-refractivity contribution in [3.05, 3.63) is 24.5 Å². The van der Waals surface area contributed by atoms with Gasteiger partial charge < -0.3 is 9.64 Å². The summed E-state index contributed by atoms with van der Waals surface area (Å²) in [7, 11) is 0. The molecule has 2 rings (SSSR count). The van der Waals surface area contributed by atoms with Crippen LogP contribution in [0.3, 0.4) is 0 Å². The van der Waals surface area contributed by atoms with E-state index in [1.54, 1.807) is 27.7 Å². The first-order chi connectivity index (χ1) is 10.3.